The third-order valence-electron chi connectivity index (χ3n) is 3.15. The molecule has 0 aromatic heterocycles. The van der Waals surface area contributed by atoms with Gasteiger partial charge in [-0.2, -0.15) is 5.26 Å². The van der Waals surface area contributed by atoms with Crippen molar-refractivity contribution in [2.45, 2.75) is 58.4 Å². The van der Waals surface area contributed by atoms with Crippen molar-refractivity contribution in [1.29, 1.82) is 5.26 Å². The molecule has 0 bridgehead atoms. The van der Waals surface area contributed by atoms with Crippen molar-refractivity contribution in [1.82, 2.24) is 4.67 Å². The van der Waals surface area contributed by atoms with Crippen LogP contribution in [0, 0.1) is 11.3 Å². The van der Waals surface area contributed by atoms with Gasteiger partial charge in [-0.15, -0.1) is 0 Å². The van der Waals surface area contributed by atoms with Gasteiger partial charge in [-0.3, -0.25) is 0 Å². The molecule has 1 unspecified atom stereocenters. The van der Waals surface area contributed by atoms with Gasteiger partial charge in [0.2, 0.25) is 0 Å². The van der Waals surface area contributed by atoms with E-state index < -0.39 is 8.53 Å². The molecule has 3 atom stereocenters. The SMILES string of the molecule is CO[C@@H]1CSSC[C@H]1OP(OCCC#N)N(C(C)C)C(C)C. The summed E-state index contributed by atoms with van der Waals surface area (Å²) < 4.78 is 20.1. The minimum absolute atomic E-state index is 0.0319. The zero-order valence-electron chi connectivity index (χ0n) is 14.0. The highest BCUT2D eigenvalue weighted by Crippen LogP contribution is 2.49. The van der Waals surface area contributed by atoms with E-state index in [9.17, 15) is 0 Å². The van der Waals surface area contributed by atoms with E-state index in [1.54, 1.807) is 7.11 Å². The molecule has 1 aliphatic rings. The molecule has 8 heteroatoms. The summed E-state index contributed by atoms with van der Waals surface area (Å²) in [6.45, 7) is 8.99. The van der Waals surface area contributed by atoms with E-state index in [4.69, 9.17) is 19.0 Å². The van der Waals surface area contributed by atoms with Gasteiger partial charge < -0.3 is 13.8 Å². The fourth-order valence-corrected chi connectivity index (χ4v) is 6.50. The Bertz CT molecular complexity index is 347. The zero-order chi connectivity index (χ0) is 16.5. The highest BCUT2D eigenvalue weighted by atomic mass is 33.1. The summed E-state index contributed by atoms with van der Waals surface area (Å²) in [5, 5.41) is 8.73. The molecule has 0 spiro atoms. The molecule has 0 aromatic carbocycles. The molecule has 0 saturated carbocycles. The third kappa shape index (κ3) is 6.52. The van der Waals surface area contributed by atoms with Gasteiger partial charge >= 0.3 is 0 Å². The lowest BCUT2D eigenvalue weighted by Gasteiger charge is -2.39. The predicted octanol–water partition coefficient (Wildman–Crippen LogP) is 4.06. The summed E-state index contributed by atoms with van der Waals surface area (Å²) in [6.07, 6.45) is 0.510. The lowest BCUT2D eigenvalue weighted by molar-refractivity contribution is 0.0179. The molecular weight excluding hydrogens is 339 g/mol. The van der Waals surface area contributed by atoms with Crippen LogP contribution < -0.4 is 0 Å². The van der Waals surface area contributed by atoms with Crippen LogP contribution in [0.3, 0.4) is 0 Å². The number of ether oxygens (including phenoxy) is 1. The van der Waals surface area contributed by atoms with Gasteiger partial charge in [0.05, 0.1) is 25.2 Å². The molecule has 1 aliphatic heterocycles. The first-order chi connectivity index (χ1) is 10.5. The average molecular weight is 366 g/mol. The second-order valence-electron chi connectivity index (χ2n) is 5.53. The first kappa shape index (κ1) is 20.5. The molecule has 0 amide bonds. The van der Waals surface area contributed by atoms with Crippen LogP contribution in [-0.2, 0) is 13.8 Å². The maximum atomic E-state index is 8.73. The van der Waals surface area contributed by atoms with Crippen LogP contribution in [0.4, 0.5) is 0 Å². The van der Waals surface area contributed by atoms with Crippen LogP contribution in [0.2, 0.25) is 0 Å². The van der Waals surface area contributed by atoms with Crippen molar-refractivity contribution in [2.75, 3.05) is 25.2 Å². The van der Waals surface area contributed by atoms with Gasteiger partial charge in [-0.1, -0.05) is 21.6 Å². The molecule has 1 rings (SSSR count). The Kier molecular flexibility index (Phi) is 10.3. The Balaban J connectivity index is 2.77. The lowest BCUT2D eigenvalue weighted by atomic mass is 10.2. The average Bonchev–Trinajstić information content (AvgIpc) is 2.47. The number of nitrogens with zero attached hydrogens (tertiary/aromatic N) is 2. The first-order valence-electron chi connectivity index (χ1n) is 7.53. The molecule has 0 aliphatic carbocycles. The number of rotatable bonds is 9. The molecule has 22 heavy (non-hydrogen) atoms. The van der Waals surface area contributed by atoms with Crippen molar-refractivity contribution < 1.29 is 13.8 Å². The lowest BCUT2D eigenvalue weighted by Crippen LogP contribution is -2.40. The van der Waals surface area contributed by atoms with Crippen molar-refractivity contribution in [3.8, 4) is 6.07 Å². The van der Waals surface area contributed by atoms with Crippen molar-refractivity contribution in [3.63, 3.8) is 0 Å². The Morgan fingerprint density at radius 3 is 2.27 bits per heavy atom. The van der Waals surface area contributed by atoms with Crippen LogP contribution in [0.25, 0.3) is 0 Å². The molecule has 0 aromatic rings. The quantitative estimate of drug-likeness (QED) is 0.346. The van der Waals surface area contributed by atoms with E-state index in [2.05, 4.69) is 38.4 Å². The third-order valence-corrected chi connectivity index (χ3v) is 7.72. The fraction of sp³-hybridized carbons (Fsp3) is 0.929. The number of nitriles is 1. The van der Waals surface area contributed by atoms with Crippen LogP contribution in [0.1, 0.15) is 34.1 Å². The number of hydrogen-bond acceptors (Lipinski definition) is 7. The second-order valence-corrected chi connectivity index (χ2v) is 9.49. The Morgan fingerprint density at radius 1 is 1.18 bits per heavy atom. The maximum absolute atomic E-state index is 8.73. The van der Waals surface area contributed by atoms with E-state index >= 15 is 0 Å². The zero-order valence-corrected chi connectivity index (χ0v) is 16.5. The fourth-order valence-electron chi connectivity index (χ4n) is 2.17. The monoisotopic (exact) mass is 366 g/mol. The normalized spacial score (nSPS) is 24.0. The molecule has 1 fully saturated rings. The van der Waals surface area contributed by atoms with Gasteiger partial charge in [-0.25, -0.2) is 4.67 Å². The molecule has 128 valence electrons. The summed E-state index contributed by atoms with van der Waals surface area (Å²) in [7, 11) is 4.18. The molecule has 1 heterocycles. The Labute approximate surface area is 143 Å². The highest BCUT2D eigenvalue weighted by Gasteiger charge is 2.34. The smallest absolute Gasteiger partial charge is 0.259 e. The van der Waals surface area contributed by atoms with Crippen molar-refractivity contribution in [2.24, 2.45) is 0 Å². The maximum Gasteiger partial charge on any atom is 0.259 e. The molecule has 0 N–H and O–H groups in total. The summed E-state index contributed by atoms with van der Waals surface area (Å²) >= 11 is 0. The van der Waals surface area contributed by atoms with Crippen LogP contribution in [0.15, 0.2) is 0 Å². The van der Waals surface area contributed by atoms with Gasteiger partial charge in [0.25, 0.3) is 8.53 Å². The van der Waals surface area contributed by atoms with Crippen LogP contribution >= 0.6 is 30.1 Å². The molecule has 1 saturated heterocycles. The van der Waals surface area contributed by atoms with Crippen molar-refractivity contribution in [3.05, 3.63) is 0 Å². The van der Waals surface area contributed by atoms with Gasteiger partial charge in [0.15, 0.2) is 0 Å². The van der Waals surface area contributed by atoms with Crippen LogP contribution in [-0.4, -0.2) is 54.2 Å². The number of methoxy groups -OCH3 is 1. The van der Waals surface area contributed by atoms with E-state index in [1.807, 2.05) is 21.6 Å². The van der Waals surface area contributed by atoms with E-state index in [0.717, 1.165) is 11.5 Å². The topological polar surface area (TPSA) is 54.7 Å². The molecule has 0 radical (unpaired) electrons. The van der Waals surface area contributed by atoms with Crippen molar-refractivity contribution >= 4 is 30.1 Å². The summed E-state index contributed by atoms with van der Waals surface area (Å²) in [5.74, 6) is 1.82. The first-order valence-corrected chi connectivity index (χ1v) is 11.1. The summed E-state index contributed by atoms with van der Waals surface area (Å²) in [5.41, 5.74) is 0. The van der Waals surface area contributed by atoms with Gasteiger partial charge in [0.1, 0.15) is 6.10 Å². The minimum Gasteiger partial charge on any atom is -0.378 e. The molecule has 5 nitrogen and oxygen atoms in total. The van der Waals surface area contributed by atoms with Gasteiger partial charge in [0, 0.05) is 30.7 Å². The summed E-state index contributed by atoms with van der Waals surface area (Å²) in [6, 6.07) is 2.76. The largest absolute Gasteiger partial charge is 0.378 e. The predicted molar refractivity (Wildman–Crippen MR) is 95.8 cm³/mol. The standard InChI is InChI=1S/C14H27N2O3PS2/c1-11(2)16(12(3)4)20(18-8-6-7-15)19-14-10-22-21-9-13(14)17-5/h11-14H,6,8-10H2,1-5H3/t13-,14-,20?/m1/s1. The molecular formula is C14H27N2O3PS2. The van der Waals surface area contributed by atoms with E-state index in [-0.39, 0.29) is 12.2 Å². The van der Waals surface area contributed by atoms with E-state index in [0.29, 0.717) is 25.1 Å². The van der Waals surface area contributed by atoms with E-state index in [1.165, 1.54) is 0 Å². The van der Waals surface area contributed by atoms with Gasteiger partial charge in [-0.05, 0) is 27.7 Å². The van der Waals surface area contributed by atoms with Crippen LogP contribution in [0.5, 0.6) is 0 Å². The Hall–Kier alpha value is 0.460. The summed E-state index contributed by atoms with van der Waals surface area (Å²) in [4.78, 5) is 0. The number of hydrogen-bond donors (Lipinski definition) is 0. The Morgan fingerprint density at radius 2 is 1.77 bits per heavy atom. The minimum atomic E-state index is -1.19. The highest BCUT2D eigenvalue weighted by molar-refractivity contribution is 8.76. The second kappa shape index (κ2) is 11.1.